The molecule has 0 saturated carbocycles. The molecule has 2 aromatic rings. The third-order valence-electron chi connectivity index (χ3n) is 3.97. The number of carbonyl (C=O) groups is 1. The molecule has 0 fully saturated rings. The standard InChI is InChI=1S/C19H21NO4/c1-22-16-6-2-14(3-7-16)10-11-20-19(21)9-5-15-4-8-17-18(12-15)24-13-23-17/h2-4,6-8,12H,5,9-11,13H2,1H3,(H,20,21). The molecule has 0 aliphatic carbocycles. The molecule has 24 heavy (non-hydrogen) atoms. The first kappa shape index (κ1) is 16.2. The van der Waals surface area contributed by atoms with E-state index in [4.69, 9.17) is 14.2 Å². The van der Waals surface area contributed by atoms with Crippen molar-refractivity contribution in [3.8, 4) is 17.2 Å². The number of rotatable bonds is 7. The van der Waals surface area contributed by atoms with E-state index in [9.17, 15) is 4.79 Å². The fourth-order valence-electron chi connectivity index (χ4n) is 2.58. The highest BCUT2D eigenvalue weighted by atomic mass is 16.7. The van der Waals surface area contributed by atoms with Gasteiger partial charge in [-0.05, 0) is 48.2 Å². The van der Waals surface area contributed by atoms with E-state index >= 15 is 0 Å². The van der Waals surface area contributed by atoms with Crippen molar-refractivity contribution in [2.75, 3.05) is 20.4 Å². The molecule has 5 nitrogen and oxygen atoms in total. The van der Waals surface area contributed by atoms with Crippen molar-refractivity contribution in [3.63, 3.8) is 0 Å². The minimum absolute atomic E-state index is 0.0566. The summed E-state index contributed by atoms with van der Waals surface area (Å²) in [6.45, 7) is 0.900. The van der Waals surface area contributed by atoms with E-state index in [2.05, 4.69) is 5.32 Å². The van der Waals surface area contributed by atoms with Crippen LogP contribution in [0.5, 0.6) is 17.2 Å². The number of amides is 1. The Morgan fingerprint density at radius 2 is 1.79 bits per heavy atom. The lowest BCUT2D eigenvalue weighted by atomic mass is 10.1. The Morgan fingerprint density at radius 1 is 1.04 bits per heavy atom. The Kier molecular flexibility index (Phi) is 5.21. The van der Waals surface area contributed by atoms with Crippen molar-refractivity contribution in [2.24, 2.45) is 0 Å². The monoisotopic (exact) mass is 327 g/mol. The third-order valence-corrected chi connectivity index (χ3v) is 3.97. The zero-order valence-electron chi connectivity index (χ0n) is 13.7. The molecular weight excluding hydrogens is 306 g/mol. The van der Waals surface area contributed by atoms with E-state index in [-0.39, 0.29) is 12.7 Å². The van der Waals surface area contributed by atoms with Gasteiger partial charge in [-0.3, -0.25) is 4.79 Å². The number of aryl methyl sites for hydroxylation is 1. The molecule has 1 aliphatic heterocycles. The van der Waals surface area contributed by atoms with E-state index in [1.807, 2.05) is 42.5 Å². The Hall–Kier alpha value is -2.69. The van der Waals surface area contributed by atoms with Crippen LogP contribution in [0.3, 0.4) is 0 Å². The summed E-state index contributed by atoms with van der Waals surface area (Å²) in [5.41, 5.74) is 2.25. The number of fused-ring (bicyclic) bond motifs is 1. The van der Waals surface area contributed by atoms with Crippen LogP contribution in [0.4, 0.5) is 0 Å². The topological polar surface area (TPSA) is 56.8 Å². The summed E-state index contributed by atoms with van der Waals surface area (Å²) in [6.07, 6.45) is 1.95. The second-order valence-corrected chi connectivity index (χ2v) is 5.64. The highest BCUT2D eigenvalue weighted by Crippen LogP contribution is 2.32. The molecule has 1 aliphatic rings. The SMILES string of the molecule is COc1ccc(CCNC(=O)CCc2ccc3c(c2)OCO3)cc1. The van der Waals surface area contributed by atoms with Crippen molar-refractivity contribution in [1.29, 1.82) is 0 Å². The van der Waals surface area contributed by atoms with Crippen LogP contribution in [0.2, 0.25) is 0 Å². The van der Waals surface area contributed by atoms with Crippen molar-refractivity contribution >= 4 is 5.91 Å². The number of ether oxygens (including phenoxy) is 3. The van der Waals surface area contributed by atoms with Gasteiger partial charge in [0, 0.05) is 13.0 Å². The third kappa shape index (κ3) is 4.19. The largest absolute Gasteiger partial charge is 0.497 e. The average Bonchev–Trinajstić information content (AvgIpc) is 3.08. The number of hydrogen-bond donors (Lipinski definition) is 1. The van der Waals surface area contributed by atoms with Crippen molar-refractivity contribution in [2.45, 2.75) is 19.3 Å². The Balaban J connectivity index is 1.39. The predicted octanol–water partition coefficient (Wildman–Crippen LogP) is 2.72. The quantitative estimate of drug-likeness (QED) is 0.849. The fraction of sp³-hybridized carbons (Fsp3) is 0.316. The van der Waals surface area contributed by atoms with Gasteiger partial charge in [-0.2, -0.15) is 0 Å². The lowest BCUT2D eigenvalue weighted by molar-refractivity contribution is -0.121. The van der Waals surface area contributed by atoms with Crippen molar-refractivity contribution < 1.29 is 19.0 Å². The predicted molar refractivity (Wildman–Crippen MR) is 90.6 cm³/mol. The minimum atomic E-state index is 0.0566. The number of benzene rings is 2. The smallest absolute Gasteiger partial charge is 0.231 e. The summed E-state index contributed by atoms with van der Waals surface area (Å²) in [5.74, 6) is 2.42. The summed E-state index contributed by atoms with van der Waals surface area (Å²) < 4.78 is 15.8. The molecule has 3 rings (SSSR count). The number of nitrogens with one attached hydrogen (secondary N) is 1. The highest BCUT2D eigenvalue weighted by Gasteiger charge is 2.13. The first-order chi connectivity index (χ1) is 11.7. The molecule has 0 saturated heterocycles. The lowest BCUT2D eigenvalue weighted by Crippen LogP contribution is -2.25. The number of hydrogen-bond acceptors (Lipinski definition) is 4. The molecule has 1 heterocycles. The van der Waals surface area contributed by atoms with E-state index in [0.29, 0.717) is 19.4 Å². The fourth-order valence-corrected chi connectivity index (χ4v) is 2.58. The first-order valence-corrected chi connectivity index (χ1v) is 8.03. The normalized spacial score (nSPS) is 12.0. The first-order valence-electron chi connectivity index (χ1n) is 8.03. The summed E-state index contributed by atoms with van der Waals surface area (Å²) in [6, 6.07) is 13.7. The van der Waals surface area contributed by atoms with Crippen LogP contribution in [0.15, 0.2) is 42.5 Å². The van der Waals surface area contributed by atoms with Gasteiger partial charge < -0.3 is 19.5 Å². The van der Waals surface area contributed by atoms with Crippen LogP contribution >= 0.6 is 0 Å². The van der Waals surface area contributed by atoms with E-state index in [1.54, 1.807) is 7.11 Å². The van der Waals surface area contributed by atoms with E-state index < -0.39 is 0 Å². The van der Waals surface area contributed by atoms with Gasteiger partial charge in [-0.1, -0.05) is 18.2 Å². The van der Waals surface area contributed by atoms with Crippen molar-refractivity contribution in [1.82, 2.24) is 5.32 Å². The van der Waals surface area contributed by atoms with Gasteiger partial charge in [-0.25, -0.2) is 0 Å². The maximum Gasteiger partial charge on any atom is 0.231 e. The molecule has 0 radical (unpaired) electrons. The number of methoxy groups -OCH3 is 1. The molecule has 0 bridgehead atoms. The van der Waals surface area contributed by atoms with Gasteiger partial charge in [0.25, 0.3) is 0 Å². The zero-order chi connectivity index (χ0) is 16.8. The summed E-state index contributed by atoms with van der Waals surface area (Å²) >= 11 is 0. The molecule has 0 spiro atoms. The second-order valence-electron chi connectivity index (χ2n) is 5.64. The van der Waals surface area contributed by atoms with Crippen LogP contribution in [-0.4, -0.2) is 26.4 Å². The molecule has 0 aromatic heterocycles. The highest BCUT2D eigenvalue weighted by molar-refractivity contribution is 5.76. The summed E-state index contributed by atoms with van der Waals surface area (Å²) in [7, 11) is 1.65. The van der Waals surface area contributed by atoms with Crippen LogP contribution in [0, 0.1) is 0 Å². The van der Waals surface area contributed by atoms with Gasteiger partial charge in [0.15, 0.2) is 11.5 Å². The number of carbonyl (C=O) groups excluding carboxylic acids is 1. The van der Waals surface area contributed by atoms with Crippen LogP contribution < -0.4 is 19.5 Å². The van der Waals surface area contributed by atoms with Gasteiger partial charge in [0.2, 0.25) is 12.7 Å². The molecule has 1 amide bonds. The van der Waals surface area contributed by atoms with Gasteiger partial charge in [-0.15, -0.1) is 0 Å². The molecule has 5 heteroatoms. The molecule has 2 aromatic carbocycles. The zero-order valence-corrected chi connectivity index (χ0v) is 13.7. The van der Waals surface area contributed by atoms with Gasteiger partial charge in [0.05, 0.1) is 7.11 Å². The minimum Gasteiger partial charge on any atom is -0.497 e. The van der Waals surface area contributed by atoms with Gasteiger partial charge >= 0.3 is 0 Å². The molecule has 0 atom stereocenters. The van der Waals surface area contributed by atoms with E-state index in [0.717, 1.165) is 29.2 Å². The molecule has 126 valence electrons. The Morgan fingerprint density at radius 3 is 2.58 bits per heavy atom. The van der Waals surface area contributed by atoms with Crippen LogP contribution in [-0.2, 0) is 17.6 Å². The Bertz CT molecular complexity index is 697. The average molecular weight is 327 g/mol. The van der Waals surface area contributed by atoms with E-state index in [1.165, 1.54) is 5.56 Å². The molecule has 0 unspecified atom stereocenters. The Labute approximate surface area is 141 Å². The molecule has 1 N–H and O–H groups in total. The molecular formula is C19H21NO4. The lowest BCUT2D eigenvalue weighted by Gasteiger charge is -2.07. The van der Waals surface area contributed by atoms with Crippen molar-refractivity contribution in [3.05, 3.63) is 53.6 Å². The summed E-state index contributed by atoms with van der Waals surface area (Å²) in [5, 5.41) is 2.96. The van der Waals surface area contributed by atoms with Gasteiger partial charge in [0.1, 0.15) is 5.75 Å². The van der Waals surface area contributed by atoms with Crippen LogP contribution in [0.25, 0.3) is 0 Å². The second kappa shape index (κ2) is 7.73. The maximum absolute atomic E-state index is 12.0. The maximum atomic E-state index is 12.0. The van der Waals surface area contributed by atoms with Crippen LogP contribution in [0.1, 0.15) is 17.5 Å². The summed E-state index contributed by atoms with van der Waals surface area (Å²) in [4.78, 5) is 12.0.